The quantitative estimate of drug-likeness (QED) is 0.532. The van der Waals surface area contributed by atoms with Crippen molar-refractivity contribution in [2.24, 2.45) is 0 Å². The van der Waals surface area contributed by atoms with E-state index in [2.05, 4.69) is 29.6 Å². The zero-order chi connectivity index (χ0) is 22.2. The van der Waals surface area contributed by atoms with Crippen LogP contribution in [0.2, 0.25) is 0 Å². The number of benzene rings is 3. The fourth-order valence-electron chi connectivity index (χ4n) is 3.76. The molecule has 0 aromatic heterocycles. The van der Waals surface area contributed by atoms with E-state index in [4.69, 9.17) is 0 Å². The highest BCUT2D eigenvalue weighted by atomic mass is 16.2. The van der Waals surface area contributed by atoms with Crippen LogP contribution in [-0.2, 0) is 22.6 Å². The first-order valence-corrected chi connectivity index (χ1v) is 11.1. The third-order valence-electron chi connectivity index (χ3n) is 5.68. The van der Waals surface area contributed by atoms with Crippen molar-refractivity contribution in [2.45, 2.75) is 52.6 Å². The summed E-state index contributed by atoms with van der Waals surface area (Å²) in [6.45, 7) is 6.91. The van der Waals surface area contributed by atoms with Gasteiger partial charge in [-0.1, -0.05) is 79.2 Å². The molecule has 0 fully saturated rings. The molecular weight excluding hydrogens is 384 g/mol. The maximum atomic E-state index is 13.3. The van der Waals surface area contributed by atoms with Crippen LogP contribution in [0.25, 0.3) is 10.8 Å². The number of aryl methyl sites for hydroxylation is 2. The summed E-state index contributed by atoms with van der Waals surface area (Å²) < 4.78 is 0. The Bertz CT molecular complexity index is 1020. The van der Waals surface area contributed by atoms with Crippen molar-refractivity contribution in [3.63, 3.8) is 0 Å². The number of carbonyl (C=O) groups excluding carboxylic acids is 2. The molecule has 0 heterocycles. The molecular formula is C27H32N2O2. The van der Waals surface area contributed by atoms with Gasteiger partial charge in [-0.3, -0.25) is 9.59 Å². The molecule has 3 rings (SSSR count). The number of nitrogens with one attached hydrogen (secondary N) is 1. The number of amides is 2. The Morgan fingerprint density at radius 2 is 1.68 bits per heavy atom. The van der Waals surface area contributed by atoms with Gasteiger partial charge in [0.25, 0.3) is 0 Å². The van der Waals surface area contributed by atoms with E-state index in [1.54, 1.807) is 4.90 Å². The van der Waals surface area contributed by atoms with Crippen LogP contribution < -0.4 is 5.32 Å². The SMILES string of the molecule is CCCNC(=O)[C@@H](C)N(Cc1ccc(C)cc1)C(=O)CCc1cccc2ccccc12. The van der Waals surface area contributed by atoms with Crippen LogP contribution >= 0.6 is 0 Å². The Labute approximate surface area is 185 Å². The van der Waals surface area contributed by atoms with E-state index < -0.39 is 6.04 Å². The highest BCUT2D eigenvalue weighted by Gasteiger charge is 2.25. The molecule has 0 spiro atoms. The molecule has 3 aromatic rings. The summed E-state index contributed by atoms with van der Waals surface area (Å²) in [5, 5.41) is 5.28. The van der Waals surface area contributed by atoms with Gasteiger partial charge in [0, 0.05) is 19.5 Å². The van der Waals surface area contributed by atoms with Crippen molar-refractivity contribution in [2.75, 3.05) is 6.54 Å². The van der Waals surface area contributed by atoms with E-state index in [0.717, 1.165) is 17.5 Å². The molecule has 1 atom stereocenters. The third-order valence-corrected chi connectivity index (χ3v) is 5.68. The number of fused-ring (bicyclic) bond motifs is 1. The lowest BCUT2D eigenvalue weighted by Gasteiger charge is -2.29. The minimum absolute atomic E-state index is 0.00680. The van der Waals surface area contributed by atoms with Crippen LogP contribution in [0.5, 0.6) is 0 Å². The molecule has 4 heteroatoms. The van der Waals surface area contributed by atoms with Crippen LogP contribution in [0.1, 0.15) is 43.4 Å². The van der Waals surface area contributed by atoms with Gasteiger partial charge >= 0.3 is 0 Å². The lowest BCUT2D eigenvalue weighted by atomic mass is 10.0. The van der Waals surface area contributed by atoms with Crippen molar-refractivity contribution >= 4 is 22.6 Å². The Morgan fingerprint density at radius 3 is 2.42 bits per heavy atom. The maximum absolute atomic E-state index is 13.3. The van der Waals surface area contributed by atoms with Crippen molar-refractivity contribution < 1.29 is 9.59 Å². The molecule has 0 aliphatic rings. The highest BCUT2D eigenvalue weighted by molar-refractivity contribution is 5.88. The first-order chi connectivity index (χ1) is 15.0. The van der Waals surface area contributed by atoms with Crippen LogP contribution in [0.4, 0.5) is 0 Å². The van der Waals surface area contributed by atoms with Crippen molar-refractivity contribution in [3.8, 4) is 0 Å². The van der Waals surface area contributed by atoms with Gasteiger partial charge < -0.3 is 10.2 Å². The molecule has 0 bridgehead atoms. The molecule has 1 N–H and O–H groups in total. The maximum Gasteiger partial charge on any atom is 0.242 e. The van der Waals surface area contributed by atoms with E-state index in [0.29, 0.717) is 25.9 Å². The van der Waals surface area contributed by atoms with Gasteiger partial charge in [-0.15, -0.1) is 0 Å². The monoisotopic (exact) mass is 416 g/mol. The van der Waals surface area contributed by atoms with Gasteiger partial charge in [0.05, 0.1) is 0 Å². The van der Waals surface area contributed by atoms with E-state index >= 15 is 0 Å². The van der Waals surface area contributed by atoms with E-state index in [9.17, 15) is 9.59 Å². The number of nitrogens with zero attached hydrogens (tertiary/aromatic N) is 1. The Morgan fingerprint density at radius 1 is 0.968 bits per heavy atom. The average molecular weight is 417 g/mol. The molecule has 0 saturated heterocycles. The summed E-state index contributed by atoms with van der Waals surface area (Å²) >= 11 is 0. The second-order valence-electron chi connectivity index (χ2n) is 8.11. The summed E-state index contributed by atoms with van der Waals surface area (Å²) in [5.74, 6) is -0.111. The molecule has 0 unspecified atom stereocenters. The number of hydrogen-bond acceptors (Lipinski definition) is 2. The van der Waals surface area contributed by atoms with E-state index in [1.807, 2.05) is 63.2 Å². The lowest BCUT2D eigenvalue weighted by Crippen LogP contribution is -2.47. The van der Waals surface area contributed by atoms with Gasteiger partial charge in [0.15, 0.2) is 0 Å². The number of hydrogen-bond donors (Lipinski definition) is 1. The minimum atomic E-state index is -0.520. The largest absolute Gasteiger partial charge is 0.354 e. The normalized spacial score (nSPS) is 11.8. The van der Waals surface area contributed by atoms with Crippen LogP contribution in [0.15, 0.2) is 66.7 Å². The Kier molecular flexibility index (Phi) is 7.82. The Hall–Kier alpha value is -3.14. The predicted octanol–water partition coefficient (Wildman–Crippen LogP) is 5.02. The summed E-state index contributed by atoms with van der Waals surface area (Å²) in [6.07, 6.45) is 1.88. The highest BCUT2D eigenvalue weighted by Crippen LogP contribution is 2.21. The predicted molar refractivity (Wildman–Crippen MR) is 127 cm³/mol. The summed E-state index contributed by atoms with van der Waals surface area (Å²) in [6, 6.07) is 22.0. The molecule has 2 amide bonds. The smallest absolute Gasteiger partial charge is 0.242 e. The first-order valence-electron chi connectivity index (χ1n) is 11.1. The van der Waals surface area contributed by atoms with Gasteiger partial charge in [-0.05, 0) is 48.6 Å². The third kappa shape index (κ3) is 5.94. The lowest BCUT2D eigenvalue weighted by molar-refractivity contribution is -0.140. The topological polar surface area (TPSA) is 49.4 Å². The fourth-order valence-corrected chi connectivity index (χ4v) is 3.76. The molecule has 162 valence electrons. The number of carbonyl (C=O) groups is 2. The minimum Gasteiger partial charge on any atom is -0.354 e. The van der Waals surface area contributed by atoms with E-state index in [1.165, 1.54) is 16.3 Å². The molecule has 4 nitrogen and oxygen atoms in total. The average Bonchev–Trinajstić information content (AvgIpc) is 2.80. The second kappa shape index (κ2) is 10.8. The summed E-state index contributed by atoms with van der Waals surface area (Å²) in [4.78, 5) is 27.6. The second-order valence-corrected chi connectivity index (χ2v) is 8.11. The summed E-state index contributed by atoms with van der Waals surface area (Å²) in [5.41, 5.74) is 3.36. The van der Waals surface area contributed by atoms with Gasteiger partial charge in [-0.2, -0.15) is 0 Å². The van der Waals surface area contributed by atoms with Crippen LogP contribution in [-0.4, -0.2) is 29.3 Å². The van der Waals surface area contributed by atoms with Crippen LogP contribution in [0.3, 0.4) is 0 Å². The van der Waals surface area contributed by atoms with Crippen molar-refractivity contribution in [1.29, 1.82) is 0 Å². The van der Waals surface area contributed by atoms with Gasteiger partial charge in [0.1, 0.15) is 6.04 Å². The molecule has 3 aromatic carbocycles. The molecule has 0 radical (unpaired) electrons. The number of rotatable bonds is 9. The fraction of sp³-hybridized carbons (Fsp3) is 0.333. The first kappa shape index (κ1) is 22.5. The standard InChI is InChI=1S/C27H32N2O2/c1-4-18-28-27(31)21(3)29(19-22-14-12-20(2)13-15-22)26(30)17-16-24-10-7-9-23-8-5-6-11-25(23)24/h5-15,21H,4,16-19H2,1-3H3,(H,28,31)/t21-/m1/s1. The molecule has 0 saturated carbocycles. The molecule has 0 aliphatic carbocycles. The van der Waals surface area contributed by atoms with Gasteiger partial charge in [0.2, 0.25) is 11.8 Å². The van der Waals surface area contributed by atoms with E-state index in [-0.39, 0.29) is 11.8 Å². The van der Waals surface area contributed by atoms with Crippen LogP contribution in [0, 0.1) is 6.92 Å². The molecule has 0 aliphatic heterocycles. The zero-order valence-electron chi connectivity index (χ0n) is 18.7. The van der Waals surface area contributed by atoms with Crippen molar-refractivity contribution in [1.82, 2.24) is 10.2 Å². The van der Waals surface area contributed by atoms with Crippen molar-refractivity contribution in [3.05, 3.63) is 83.4 Å². The Balaban J connectivity index is 1.77. The zero-order valence-corrected chi connectivity index (χ0v) is 18.7. The molecule has 31 heavy (non-hydrogen) atoms. The summed E-state index contributed by atoms with van der Waals surface area (Å²) in [7, 11) is 0. The van der Waals surface area contributed by atoms with Gasteiger partial charge in [-0.25, -0.2) is 0 Å².